The number of nitrogens with zero attached hydrogens (tertiary/aromatic N) is 3. The molecule has 0 aromatic heterocycles. The Hall–Kier alpha value is -3.96. The molecular formula is C32H33N3O2. The maximum absolute atomic E-state index is 13.1. The molecule has 5 nitrogen and oxygen atoms in total. The van der Waals surface area contributed by atoms with Crippen LogP contribution in [0.4, 0.5) is 5.69 Å². The standard InChI is InChI=1S/C32H33N3O2/c1-3-4-5-8-22(2)32(37)24-15-13-23(14-16-24)28-18-30(36)35(21-28)29-12-7-9-25(17-29)31-26(19-33)10-6-11-27(31)20-34/h3-4,6-12,17,23-24,28H,5,13-16,18,21H2,1-2H3. The Bertz CT molecular complexity index is 1280. The lowest BCUT2D eigenvalue weighted by atomic mass is 9.73. The van der Waals surface area contributed by atoms with Crippen molar-refractivity contribution in [3.05, 3.63) is 77.4 Å². The van der Waals surface area contributed by atoms with Crippen LogP contribution in [-0.4, -0.2) is 18.2 Å². The van der Waals surface area contributed by atoms with Gasteiger partial charge in [-0.15, -0.1) is 0 Å². The number of carbonyl (C=O) groups excluding carboxylic acids is 2. The number of hydrogen-bond donors (Lipinski definition) is 0. The number of amides is 1. The van der Waals surface area contributed by atoms with Crippen molar-refractivity contribution in [2.45, 2.75) is 52.4 Å². The zero-order valence-corrected chi connectivity index (χ0v) is 21.6. The van der Waals surface area contributed by atoms with Crippen LogP contribution in [0.15, 0.2) is 66.3 Å². The number of Topliss-reactive ketones (excluding diaryl/α,β-unsaturated/α-hetero) is 1. The topological polar surface area (TPSA) is 85.0 Å². The van der Waals surface area contributed by atoms with Crippen molar-refractivity contribution in [2.75, 3.05) is 11.4 Å². The van der Waals surface area contributed by atoms with Gasteiger partial charge in [0.15, 0.2) is 5.78 Å². The highest BCUT2D eigenvalue weighted by Gasteiger charge is 2.38. The number of benzene rings is 2. The van der Waals surface area contributed by atoms with Crippen LogP contribution in [0.25, 0.3) is 11.1 Å². The summed E-state index contributed by atoms with van der Waals surface area (Å²) in [5.74, 6) is 1.20. The number of ketones is 1. The molecule has 2 aliphatic rings. The molecule has 0 bridgehead atoms. The van der Waals surface area contributed by atoms with Gasteiger partial charge < -0.3 is 4.90 Å². The number of anilines is 1. The van der Waals surface area contributed by atoms with Crippen LogP contribution in [0.1, 0.15) is 63.5 Å². The first kappa shape index (κ1) is 26.1. The van der Waals surface area contributed by atoms with E-state index < -0.39 is 0 Å². The third-order valence-corrected chi connectivity index (χ3v) is 7.90. The van der Waals surface area contributed by atoms with E-state index in [1.165, 1.54) is 0 Å². The lowest BCUT2D eigenvalue weighted by Gasteiger charge is -2.31. The maximum Gasteiger partial charge on any atom is 0.227 e. The van der Waals surface area contributed by atoms with Crippen LogP contribution in [0.2, 0.25) is 0 Å². The fourth-order valence-electron chi connectivity index (χ4n) is 5.84. The molecule has 2 aromatic carbocycles. The number of rotatable bonds is 7. The quantitative estimate of drug-likeness (QED) is 0.317. The normalized spacial score (nSPS) is 22.2. The van der Waals surface area contributed by atoms with Gasteiger partial charge in [-0.25, -0.2) is 0 Å². The molecule has 1 heterocycles. The second-order valence-electron chi connectivity index (χ2n) is 10.1. The first-order valence-electron chi connectivity index (χ1n) is 13.1. The Morgan fingerprint density at radius 1 is 1.03 bits per heavy atom. The smallest absolute Gasteiger partial charge is 0.227 e. The summed E-state index contributed by atoms with van der Waals surface area (Å²) < 4.78 is 0. The molecule has 1 amide bonds. The van der Waals surface area contributed by atoms with E-state index in [2.05, 4.69) is 18.2 Å². The van der Waals surface area contributed by atoms with Crippen molar-refractivity contribution in [2.24, 2.45) is 17.8 Å². The largest absolute Gasteiger partial charge is 0.312 e. The molecule has 1 aliphatic carbocycles. The molecule has 1 saturated carbocycles. The summed E-state index contributed by atoms with van der Waals surface area (Å²) >= 11 is 0. The zero-order valence-electron chi connectivity index (χ0n) is 21.6. The summed E-state index contributed by atoms with van der Waals surface area (Å²) in [5, 5.41) is 19.2. The monoisotopic (exact) mass is 491 g/mol. The van der Waals surface area contributed by atoms with Crippen LogP contribution in [0, 0.1) is 40.4 Å². The number of nitriles is 2. The molecule has 1 unspecified atom stereocenters. The lowest BCUT2D eigenvalue weighted by molar-refractivity contribution is -0.121. The van der Waals surface area contributed by atoms with E-state index in [1.54, 1.807) is 18.2 Å². The van der Waals surface area contributed by atoms with Crippen LogP contribution >= 0.6 is 0 Å². The van der Waals surface area contributed by atoms with Crippen molar-refractivity contribution in [1.82, 2.24) is 0 Å². The first-order chi connectivity index (χ1) is 18.0. The average molecular weight is 492 g/mol. The van der Waals surface area contributed by atoms with Crippen LogP contribution in [-0.2, 0) is 9.59 Å². The van der Waals surface area contributed by atoms with Gasteiger partial charge in [-0.05, 0) is 93.2 Å². The molecular weight excluding hydrogens is 458 g/mol. The Labute approximate surface area is 219 Å². The number of hydrogen-bond acceptors (Lipinski definition) is 4. The molecule has 2 aromatic rings. The minimum Gasteiger partial charge on any atom is -0.312 e. The summed E-state index contributed by atoms with van der Waals surface area (Å²) in [6, 6.07) is 17.1. The van der Waals surface area contributed by atoms with Gasteiger partial charge in [0, 0.05) is 30.1 Å². The summed E-state index contributed by atoms with van der Waals surface area (Å²) in [4.78, 5) is 27.8. The van der Waals surface area contributed by atoms with Gasteiger partial charge >= 0.3 is 0 Å². The van der Waals surface area contributed by atoms with Gasteiger partial charge in [0.2, 0.25) is 5.91 Å². The van der Waals surface area contributed by atoms with E-state index in [4.69, 9.17) is 0 Å². The summed E-state index contributed by atoms with van der Waals surface area (Å²) in [7, 11) is 0. The summed E-state index contributed by atoms with van der Waals surface area (Å²) in [5.41, 5.74) is 3.92. The molecule has 0 radical (unpaired) electrons. The van der Waals surface area contributed by atoms with Gasteiger partial charge in [-0.1, -0.05) is 36.4 Å². The van der Waals surface area contributed by atoms with Gasteiger partial charge in [0.25, 0.3) is 0 Å². The molecule has 2 fully saturated rings. The van der Waals surface area contributed by atoms with E-state index in [0.29, 0.717) is 35.6 Å². The Balaban J connectivity index is 1.44. The second-order valence-corrected chi connectivity index (χ2v) is 10.1. The minimum atomic E-state index is 0.0949. The zero-order chi connectivity index (χ0) is 26.4. The van der Waals surface area contributed by atoms with E-state index in [9.17, 15) is 20.1 Å². The summed E-state index contributed by atoms with van der Waals surface area (Å²) in [6.45, 7) is 4.57. The maximum atomic E-state index is 13.1. The lowest BCUT2D eigenvalue weighted by Crippen LogP contribution is -2.29. The molecule has 5 heteroatoms. The van der Waals surface area contributed by atoms with Crippen LogP contribution in [0.3, 0.4) is 0 Å². The fraction of sp³-hybridized carbons (Fsp3) is 0.375. The van der Waals surface area contributed by atoms with Crippen LogP contribution in [0.5, 0.6) is 0 Å². The third kappa shape index (κ3) is 5.73. The van der Waals surface area contributed by atoms with Crippen molar-refractivity contribution in [1.29, 1.82) is 10.5 Å². The highest BCUT2D eigenvalue weighted by molar-refractivity contribution is 5.97. The molecule has 4 rings (SSSR count). The highest BCUT2D eigenvalue weighted by Crippen LogP contribution is 2.40. The molecule has 0 N–H and O–H groups in total. The third-order valence-electron chi connectivity index (χ3n) is 7.90. The van der Waals surface area contributed by atoms with E-state index >= 15 is 0 Å². The predicted octanol–water partition coefficient (Wildman–Crippen LogP) is 6.74. The minimum absolute atomic E-state index is 0.0949. The van der Waals surface area contributed by atoms with Crippen molar-refractivity contribution in [3.8, 4) is 23.3 Å². The van der Waals surface area contributed by atoms with Gasteiger partial charge in [0.05, 0.1) is 23.3 Å². The average Bonchev–Trinajstić information content (AvgIpc) is 3.33. The Morgan fingerprint density at radius 3 is 2.35 bits per heavy atom. The molecule has 37 heavy (non-hydrogen) atoms. The van der Waals surface area contributed by atoms with Crippen molar-refractivity contribution >= 4 is 17.4 Å². The Kier molecular flexibility index (Phi) is 8.36. The fourth-order valence-corrected chi connectivity index (χ4v) is 5.84. The SMILES string of the molecule is CC=CCC=C(C)C(=O)C1CCC(C2CC(=O)N(c3cccc(-c4c(C#N)cccc4C#N)c3)C2)CC1. The molecule has 1 aliphatic heterocycles. The first-order valence-corrected chi connectivity index (χ1v) is 13.1. The number of allylic oxidation sites excluding steroid dienone is 4. The number of carbonyl (C=O) groups is 2. The molecule has 1 atom stereocenters. The van der Waals surface area contributed by atoms with E-state index in [1.807, 2.05) is 55.2 Å². The van der Waals surface area contributed by atoms with Gasteiger partial charge in [0.1, 0.15) is 0 Å². The van der Waals surface area contributed by atoms with E-state index in [0.717, 1.165) is 48.9 Å². The summed E-state index contributed by atoms with van der Waals surface area (Å²) in [6.07, 6.45) is 11.1. The molecule has 188 valence electrons. The van der Waals surface area contributed by atoms with Crippen molar-refractivity contribution < 1.29 is 9.59 Å². The highest BCUT2D eigenvalue weighted by atomic mass is 16.2. The van der Waals surface area contributed by atoms with Crippen LogP contribution < -0.4 is 4.90 Å². The van der Waals surface area contributed by atoms with Gasteiger partial charge in [-0.3, -0.25) is 9.59 Å². The second kappa shape index (κ2) is 11.8. The molecule has 0 spiro atoms. The Morgan fingerprint density at radius 2 is 1.70 bits per heavy atom. The molecule has 1 saturated heterocycles. The van der Waals surface area contributed by atoms with Gasteiger partial charge in [-0.2, -0.15) is 10.5 Å². The van der Waals surface area contributed by atoms with Crippen molar-refractivity contribution in [3.63, 3.8) is 0 Å². The predicted molar refractivity (Wildman–Crippen MR) is 145 cm³/mol. The van der Waals surface area contributed by atoms with E-state index in [-0.39, 0.29) is 23.5 Å².